The molecule has 30 heavy (non-hydrogen) atoms. The number of aromatic amines is 1. The Balaban J connectivity index is 2.16. The third-order valence-electron chi connectivity index (χ3n) is 8.29. The second kappa shape index (κ2) is 6.42. The van der Waals surface area contributed by atoms with Crippen molar-refractivity contribution in [1.82, 2.24) is 4.98 Å². The van der Waals surface area contributed by atoms with Crippen LogP contribution in [0.25, 0.3) is 42.0 Å². The van der Waals surface area contributed by atoms with E-state index in [2.05, 4.69) is 83.4 Å². The SMILES string of the molecule is Bc1c(B)c(B)c2c([nH]c3c4sc5c(B)c(B)c(B)c(B)c5c4c(B)c(B)c32)c1B. The summed E-state index contributed by atoms with van der Waals surface area (Å²) in [7, 11) is 22.9. The van der Waals surface area contributed by atoms with Gasteiger partial charge >= 0.3 is 0 Å². The van der Waals surface area contributed by atoms with Gasteiger partial charge in [0, 0.05) is 15.6 Å². The summed E-state index contributed by atoms with van der Waals surface area (Å²) in [5.74, 6) is 0. The van der Waals surface area contributed by atoms with Gasteiger partial charge in [0.1, 0.15) is 78.5 Å². The molecule has 0 spiro atoms. The van der Waals surface area contributed by atoms with Crippen LogP contribution in [-0.4, -0.2) is 83.4 Å². The molecule has 2 heterocycles. The molecule has 134 valence electrons. The minimum absolute atomic E-state index is 1.32. The first kappa shape index (κ1) is 20.2. The lowest BCUT2D eigenvalue weighted by atomic mass is 9.64. The number of H-pyrrole nitrogens is 1. The van der Waals surface area contributed by atoms with E-state index in [1.54, 1.807) is 0 Å². The lowest BCUT2D eigenvalue weighted by Gasteiger charge is -2.14. The maximum absolute atomic E-state index is 3.91. The van der Waals surface area contributed by atoms with Gasteiger partial charge < -0.3 is 4.98 Å². The Hall–Kier alpha value is -1.67. The Labute approximate surface area is 191 Å². The molecule has 0 aliphatic rings. The molecule has 0 unspecified atom stereocenters. The predicted octanol–water partition coefficient (Wildman–Crippen LogP) is -11.7. The summed E-state index contributed by atoms with van der Waals surface area (Å²) < 4.78 is 2.88. The summed E-state index contributed by atoms with van der Waals surface area (Å²) in [5.41, 5.74) is 16.9. The molecule has 0 radical (unpaired) electrons. The molecule has 12 heteroatoms. The standard InChI is InChI=1S/C18H21B10NS/c19-5-2-1-6(20)9(23)11(25)13(27)15(1)29-16(2)18-4(7(5)21)3-8(22)10(24)12(26)14(28)17(3)30-18/h29H,19-28H2. The summed E-state index contributed by atoms with van der Waals surface area (Å²) in [6, 6.07) is 0. The van der Waals surface area contributed by atoms with Crippen LogP contribution >= 0.6 is 11.3 Å². The smallest absolute Gasteiger partial charge is 0.141 e. The van der Waals surface area contributed by atoms with Crippen LogP contribution in [0.2, 0.25) is 0 Å². The van der Waals surface area contributed by atoms with Gasteiger partial charge in [0.2, 0.25) is 0 Å². The zero-order chi connectivity index (χ0) is 21.8. The van der Waals surface area contributed by atoms with Crippen molar-refractivity contribution in [2.45, 2.75) is 0 Å². The maximum atomic E-state index is 3.91. The minimum Gasteiger partial charge on any atom is -0.354 e. The maximum Gasteiger partial charge on any atom is 0.141 e. The van der Waals surface area contributed by atoms with Crippen molar-refractivity contribution in [3.8, 4) is 0 Å². The average molecular weight is 392 g/mol. The van der Waals surface area contributed by atoms with Crippen LogP contribution in [0.4, 0.5) is 0 Å². The van der Waals surface area contributed by atoms with Crippen LogP contribution in [0, 0.1) is 0 Å². The van der Waals surface area contributed by atoms with Gasteiger partial charge in [-0.2, -0.15) is 0 Å². The third kappa shape index (κ3) is 2.27. The molecule has 3 aromatic carbocycles. The van der Waals surface area contributed by atoms with Crippen LogP contribution in [0.5, 0.6) is 0 Å². The first-order chi connectivity index (χ1) is 14.1. The highest BCUT2D eigenvalue weighted by Crippen LogP contribution is 2.35. The van der Waals surface area contributed by atoms with Gasteiger partial charge in [0.15, 0.2) is 0 Å². The van der Waals surface area contributed by atoms with Crippen LogP contribution in [0.15, 0.2) is 0 Å². The van der Waals surface area contributed by atoms with Crippen LogP contribution < -0.4 is 54.6 Å². The fraction of sp³-hybridized carbons (Fsp3) is 0. The molecule has 0 saturated heterocycles. The number of hydrogen-bond acceptors (Lipinski definition) is 1. The Morgan fingerprint density at radius 3 is 1.40 bits per heavy atom. The van der Waals surface area contributed by atoms with Gasteiger partial charge in [0.05, 0.1) is 10.2 Å². The first-order valence-corrected chi connectivity index (χ1v) is 11.7. The highest BCUT2D eigenvalue weighted by atomic mass is 32.1. The lowest BCUT2D eigenvalue weighted by Crippen LogP contribution is -2.48. The van der Waals surface area contributed by atoms with E-state index in [-0.39, 0.29) is 0 Å². The van der Waals surface area contributed by atoms with Gasteiger partial charge in [-0.1, -0.05) is 38.2 Å². The Morgan fingerprint density at radius 2 is 0.767 bits per heavy atom. The zero-order valence-corrected chi connectivity index (χ0v) is 20.7. The summed E-state index contributed by atoms with van der Waals surface area (Å²) in [4.78, 5) is 3.91. The lowest BCUT2D eigenvalue weighted by molar-refractivity contribution is 1.60. The van der Waals surface area contributed by atoms with Crippen molar-refractivity contribution in [2.24, 2.45) is 0 Å². The second-order valence-electron chi connectivity index (χ2n) is 9.39. The average Bonchev–Trinajstić information content (AvgIpc) is 3.31. The van der Waals surface area contributed by atoms with E-state index < -0.39 is 0 Å². The molecular weight excluding hydrogens is 370 g/mol. The number of nitrogens with one attached hydrogen (secondary N) is 1. The number of thiophene rings is 1. The van der Waals surface area contributed by atoms with Gasteiger partial charge in [-0.3, -0.25) is 0 Å². The van der Waals surface area contributed by atoms with E-state index in [1.165, 1.54) is 96.6 Å². The van der Waals surface area contributed by atoms with Crippen molar-refractivity contribution in [3.63, 3.8) is 0 Å². The van der Waals surface area contributed by atoms with E-state index in [9.17, 15) is 0 Å². The van der Waals surface area contributed by atoms with Gasteiger partial charge in [-0.15, -0.1) is 27.7 Å². The Kier molecular flexibility index (Phi) is 4.33. The zero-order valence-electron chi connectivity index (χ0n) is 19.9. The summed E-state index contributed by atoms with van der Waals surface area (Å²) in [6.07, 6.45) is 0. The Morgan fingerprint density at radius 1 is 0.367 bits per heavy atom. The van der Waals surface area contributed by atoms with Crippen LogP contribution in [0.3, 0.4) is 0 Å². The molecule has 0 bridgehead atoms. The fourth-order valence-corrected chi connectivity index (χ4v) is 7.00. The van der Waals surface area contributed by atoms with Crippen LogP contribution in [-0.2, 0) is 0 Å². The molecule has 0 fully saturated rings. The van der Waals surface area contributed by atoms with E-state index in [0.29, 0.717) is 0 Å². The van der Waals surface area contributed by atoms with E-state index in [0.717, 1.165) is 0 Å². The first-order valence-electron chi connectivity index (χ1n) is 10.9. The molecule has 0 saturated carbocycles. The van der Waals surface area contributed by atoms with E-state index in [4.69, 9.17) is 0 Å². The van der Waals surface area contributed by atoms with Crippen molar-refractivity contribution in [1.29, 1.82) is 0 Å². The summed E-state index contributed by atoms with van der Waals surface area (Å²) in [5, 5.41) is 5.77. The molecule has 2 aromatic heterocycles. The quantitative estimate of drug-likeness (QED) is 0.253. The molecule has 5 aromatic rings. The third-order valence-corrected chi connectivity index (χ3v) is 9.62. The largest absolute Gasteiger partial charge is 0.354 e. The summed E-state index contributed by atoms with van der Waals surface area (Å²) >= 11 is 1.98. The van der Waals surface area contributed by atoms with E-state index >= 15 is 0 Å². The molecule has 0 aliphatic carbocycles. The summed E-state index contributed by atoms with van der Waals surface area (Å²) in [6.45, 7) is 0. The topological polar surface area (TPSA) is 15.8 Å². The van der Waals surface area contributed by atoms with Gasteiger partial charge in [-0.25, -0.2) is 0 Å². The molecule has 1 N–H and O–H groups in total. The highest BCUT2D eigenvalue weighted by Gasteiger charge is 2.22. The highest BCUT2D eigenvalue weighted by molar-refractivity contribution is 7.28. The number of benzene rings is 3. The number of fused-ring (bicyclic) bond motifs is 7. The fourth-order valence-electron chi connectivity index (χ4n) is 5.52. The predicted molar refractivity (Wildman–Crippen MR) is 170 cm³/mol. The molecular formula is C18H21B10NS. The molecule has 0 aliphatic heterocycles. The van der Waals surface area contributed by atoms with E-state index in [1.807, 2.05) is 11.3 Å². The van der Waals surface area contributed by atoms with Crippen molar-refractivity contribution in [3.05, 3.63) is 0 Å². The molecule has 0 amide bonds. The van der Waals surface area contributed by atoms with Crippen molar-refractivity contribution >= 4 is 186 Å². The van der Waals surface area contributed by atoms with Crippen LogP contribution in [0.1, 0.15) is 0 Å². The molecule has 1 nitrogen and oxygen atoms in total. The normalized spacial score (nSPS) is 12.0. The second-order valence-corrected chi connectivity index (χ2v) is 10.4. The van der Waals surface area contributed by atoms with Gasteiger partial charge in [-0.05, 0) is 16.2 Å². The number of rotatable bonds is 0. The Bertz CT molecular complexity index is 1480. The number of aromatic nitrogens is 1. The number of hydrogen-bond donors (Lipinski definition) is 1. The monoisotopic (exact) mass is 393 g/mol. The van der Waals surface area contributed by atoms with Gasteiger partial charge in [0.25, 0.3) is 0 Å². The van der Waals surface area contributed by atoms with Crippen molar-refractivity contribution < 1.29 is 0 Å². The molecule has 0 atom stereocenters. The minimum atomic E-state index is 1.32. The van der Waals surface area contributed by atoms with Crippen molar-refractivity contribution in [2.75, 3.05) is 0 Å². The molecule has 5 rings (SSSR count).